The summed E-state index contributed by atoms with van der Waals surface area (Å²) in [5.74, 6) is 0.0992. The topological polar surface area (TPSA) is 89.5 Å². The molecule has 1 saturated heterocycles. The summed E-state index contributed by atoms with van der Waals surface area (Å²) in [6, 6.07) is 0. The van der Waals surface area contributed by atoms with Crippen molar-refractivity contribution in [1.29, 1.82) is 0 Å². The second kappa shape index (κ2) is 10.7. The van der Waals surface area contributed by atoms with Crippen molar-refractivity contribution in [2.45, 2.75) is 46.3 Å². The first kappa shape index (κ1) is 22.7. The smallest absolute Gasteiger partial charge is 0.407 e. The number of carbonyl (C=O) groups is 2. The van der Waals surface area contributed by atoms with E-state index in [0.717, 1.165) is 0 Å². The Hall–Kier alpha value is -2.35. The van der Waals surface area contributed by atoms with E-state index < -0.39 is 17.7 Å². The number of hydrogen-bond donors (Lipinski definition) is 1. The van der Waals surface area contributed by atoms with Gasteiger partial charge in [-0.15, -0.1) is 0 Å². The van der Waals surface area contributed by atoms with Crippen LogP contribution in [0.2, 0.25) is 0 Å². The van der Waals surface area contributed by atoms with E-state index in [4.69, 9.17) is 14.2 Å². The van der Waals surface area contributed by atoms with Crippen LogP contribution in [0.1, 0.15) is 34.6 Å². The van der Waals surface area contributed by atoms with Crippen molar-refractivity contribution in [3.63, 3.8) is 0 Å². The largest absolute Gasteiger partial charge is 0.462 e. The normalized spacial score (nSPS) is 18.3. The molecule has 1 aliphatic rings. The van der Waals surface area contributed by atoms with Crippen LogP contribution in [0.3, 0.4) is 0 Å². The van der Waals surface area contributed by atoms with Gasteiger partial charge in [0.2, 0.25) is 0 Å². The predicted octanol–water partition coefficient (Wildman–Crippen LogP) is 2.26. The highest BCUT2D eigenvalue weighted by molar-refractivity contribution is 6.09. The molecule has 1 fully saturated rings. The highest BCUT2D eigenvalue weighted by Crippen LogP contribution is 2.12. The van der Waals surface area contributed by atoms with Gasteiger partial charge in [0.15, 0.2) is 0 Å². The van der Waals surface area contributed by atoms with Gasteiger partial charge in [0, 0.05) is 25.8 Å². The molecular formula is C19H31N3O5. The maximum atomic E-state index is 11.8. The molecule has 8 heteroatoms. The van der Waals surface area contributed by atoms with E-state index in [2.05, 4.69) is 16.9 Å². The standard InChI is InChI=1S/C19H31N3O5/c1-7-15(17(23)25-8-2)11-20-14(3)22-9-10-26-16(13-22)12-21-18(24)27-19(4,5)6/h7,11,16H,3,8-10,12-13H2,1-2,4-6H3,(H,21,24)/b15-7+,20-11-. The van der Waals surface area contributed by atoms with E-state index in [1.807, 2.05) is 25.7 Å². The molecule has 0 saturated carbocycles. The van der Waals surface area contributed by atoms with E-state index in [1.165, 1.54) is 6.21 Å². The Morgan fingerprint density at radius 1 is 1.41 bits per heavy atom. The molecule has 1 unspecified atom stereocenters. The molecule has 152 valence electrons. The minimum atomic E-state index is -0.546. The van der Waals surface area contributed by atoms with Gasteiger partial charge in [0.1, 0.15) is 11.4 Å². The number of morpholine rings is 1. The lowest BCUT2D eigenvalue weighted by atomic mass is 10.2. The first-order chi connectivity index (χ1) is 12.7. The zero-order valence-corrected chi connectivity index (χ0v) is 16.9. The first-order valence-corrected chi connectivity index (χ1v) is 9.06. The maximum absolute atomic E-state index is 11.8. The maximum Gasteiger partial charge on any atom is 0.407 e. The lowest BCUT2D eigenvalue weighted by molar-refractivity contribution is -0.137. The van der Waals surface area contributed by atoms with Crippen LogP contribution in [0, 0.1) is 0 Å². The molecule has 0 radical (unpaired) electrons. The number of ether oxygens (including phenoxy) is 3. The monoisotopic (exact) mass is 381 g/mol. The second-order valence-corrected chi connectivity index (χ2v) is 6.96. The number of carbonyl (C=O) groups excluding carboxylic acids is 2. The zero-order valence-electron chi connectivity index (χ0n) is 16.9. The molecule has 0 aromatic rings. The summed E-state index contributed by atoms with van der Waals surface area (Å²) in [7, 11) is 0. The molecule has 0 aliphatic carbocycles. The molecule has 1 aliphatic heterocycles. The summed E-state index contributed by atoms with van der Waals surface area (Å²) >= 11 is 0. The van der Waals surface area contributed by atoms with Gasteiger partial charge in [-0.1, -0.05) is 12.7 Å². The third kappa shape index (κ3) is 8.72. The summed E-state index contributed by atoms with van der Waals surface area (Å²) in [4.78, 5) is 29.7. The summed E-state index contributed by atoms with van der Waals surface area (Å²) in [6.07, 6.45) is 2.41. The van der Waals surface area contributed by atoms with Crippen LogP contribution in [0.15, 0.2) is 29.0 Å². The predicted molar refractivity (Wildman–Crippen MR) is 104 cm³/mol. The number of nitrogens with one attached hydrogen (secondary N) is 1. The molecule has 1 atom stereocenters. The Balaban J connectivity index is 2.53. The minimum Gasteiger partial charge on any atom is -0.462 e. The SMILES string of the molecule is C=C(/N=C\C(=C/C)C(=O)OCC)N1CCOC(CNC(=O)OC(C)(C)C)C1. The minimum absolute atomic E-state index is 0.204. The molecule has 0 spiro atoms. The van der Waals surface area contributed by atoms with Crippen molar-refractivity contribution in [2.75, 3.05) is 32.8 Å². The third-order valence-corrected chi connectivity index (χ3v) is 3.55. The molecule has 0 aromatic heterocycles. The van der Waals surface area contributed by atoms with E-state index in [-0.39, 0.29) is 6.10 Å². The van der Waals surface area contributed by atoms with Crippen LogP contribution in [0.5, 0.6) is 0 Å². The lowest BCUT2D eigenvalue weighted by Crippen LogP contribution is -2.47. The van der Waals surface area contributed by atoms with Gasteiger partial charge in [-0.3, -0.25) is 0 Å². The average Bonchev–Trinajstić information content (AvgIpc) is 2.59. The number of alkyl carbamates (subject to hydrolysis) is 1. The van der Waals surface area contributed by atoms with E-state index in [0.29, 0.717) is 44.2 Å². The summed E-state index contributed by atoms with van der Waals surface area (Å²) < 4.78 is 15.8. The summed E-state index contributed by atoms with van der Waals surface area (Å²) in [5, 5.41) is 2.71. The molecule has 1 amide bonds. The van der Waals surface area contributed by atoms with Crippen molar-refractivity contribution < 1.29 is 23.8 Å². The Labute approximate surface area is 161 Å². The van der Waals surface area contributed by atoms with Crippen LogP contribution in [0.4, 0.5) is 4.79 Å². The number of allylic oxidation sites excluding steroid dienone is 1. The Kier molecular flexibility index (Phi) is 9.00. The molecule has 27 heavy (non-hydrogen) atoms. The summed E-state index contributed by atoms with van der Waals surface area (Å²) in [6.45, 7) is 15.1. The van der Waals surface area contributed by atoms with Crippen LogP contribution in [-0.2, 0) is 19.0 Å². The number of rotatable bonds is 7. The van der Waals surface area contributed by atoms with Crippen LogP contribution in [0.25, 0.3) is 0 Å². The fraction of sp³-hybridized carbons (Fsp3) is 0.632. The Morgan fingerprint density at radius 3 is 2.70 bits per heavy atom. The average molecular weight is 381 g/mol. The van der Waals surface area contributed by atoms with Crippen LogP contribution in [-0.4, -0.2) is 67.7 Å². The van der Waals surface area contributed by atoms with Gasteiger partial charge in [0.25, 0.3) is 0 Å². The number of aliphatic imine (C=N–C) groups is 1. The van der Waals surface area contributed by atoms with Crippen LogP contribution >= 0.6 is 0 Å². The summed E-state index contributed by atoms with van der Waals surface area (Å²) in [5.41, 5.74) is -0.176. The fourth-order valence-electron chi connectivity index (χ4n) is 2.27. The van der Waals surface area contributed by atoms with E-state index >= 15 is 0 Å². The van der Waals surface area contributed by atoms with Crippen molar-refractivity contribution in [1.82, 2.24) is 10.2 Å². The van der Waals surface area contributed by atoms with Crippen molar-refractivity contribution in [3.05, 3.63) is 24.0 Å². The quantitative estimate of drug-likeness (QED) is 0.413. The molecule has 1 rings (SSSR count). The molecular weight excluding hydrogens is 350 g/mol. The lowest BCUT2D eigenvalue weighted by Gasteiger charge is -2.34. The van der Waals surface area contributed by atoms with Gasteiger partial charge in [0.05, 0.1) is 24.9 Å². The molecule has 0 aromatic carbocycles. The number of nitrogens with zero attached hydrogens (tertiary/aromatic N) is 2. The number of esters is 1. The van der Waals surface area contributed by atoms with E-state index in [1.54, 1.807) is 19.9 Å². The Bertz CT molecular complexity index is 593. The van der Waals surface area contributed by atoms with Crippen molar-refractivity contribution in [3.8, 4) is 0 Å². The van der Waals surface area contributed by atoms with Gasteiger partial charge in [-0.05, 0) is 34.6 Å². The Morgan fingerprint density at radius 2 is 2.11 bits per heavy atom. The zero-order chi connectivity index (χ0) is 20.4. The van der Waals surface area contributed by atoms with Gasteiger partial charge >= 0.3 is 12.1 Å². The molecule has 0 bridgehead atoms. The first-order valence-electron chi connectivity index (χ1n) is 9.06. The number of hydrogen-bond acceptors (Lipinski definition) is 7. The number of amides is 1. The van der Waals surface area contributed by atoms with Crippen LogP contribution < -0.4 is 5.32 Å². The fourth-order valence-corrected chi connectivity index (χ4v) is 2.27. The van der Waals surface area contributed by atoms with Gasteiger partial charge in [-0.2, -0.15) is 0 Å². The van der Waals surface area contributed by atoms with Gasteiger partial charge in [-0.25, -0.2) is 14.6 Å². The van der Waals surface area contributed by atoms with Crippen molar-refractivity contribution in [2.24, 2.45) is 4.99 Å². The molecule has 1 heterocycles. The highest BCUT2D eigenvalue weighted by Gasteiger charge is 2.23. The highest BCUT2D eigenvalue weighted by atomic mass is 16.6. The molecule has 1 N–H and O–H groups in total. The molecule has 8 nitrogen and oxygen atoms in total. The van der Waals surface area contributed by atoms with Crippen molar-refractivity contribution >= 4 is 18.3 Å². The van der Waals surface area contributed by atoms with E-state index in [9.17, 15) is 9.59 Å². The van der Waals surface area contributed by atoms with Gasteiger partial charge < -0.3 is 24.4 Å². The third-order valence-electron chi connectivity index (χ3n) is 3.55. The second-order valence-electron chi connectivity index (χ2n) is 6.96.